The van der Waals surface area contributed by atoms with Crippen LogP contribution >= 0.6 is 11.9 Å². The van der Waals surface area contributed by atoms with Crippen molar-refractivity contribution < 1.29 is 4.29 Å². The van der Waals surface area contributed by atoms with E-state index >= 15 is 0 Å². The first-order valence-electron chi connectivity index (χ1n) is 3.57. The molecule has 0 aliphatic heterocycles. The van der Waals surface area contributed by atoms with Gasteiger partial charge >= 0.3 is 0 Å². The van der Waals surface area contributed by atoms with Gasteiger partial charge in [-0.3, -0.25) is 4.29 Å². The molecule has 1 nitrogen and oxygen atoms in total. The lowest BCUT2D eigenvalue weighted by molar-refractivity contribution is 0.0731. The first-order valence-corrected chi connectivity index (χ1v) is 3.87. The molecule has 0 saturated heterocycles. The Morgan fingerprint density at radius 3 is 1.60 bits per heavy atom. The van der Waals surface area contributed by atoms with Crippen molar-refractivity contribution in [2.45, 2.75) is 46.6 Å². The molecule has 0 aromatic rings. The van der Waals surface area contributed by atoms with Crippen LogP contribution in [-0.2, 0) is 4.29 Å². The quantitative estimate of drug-likeness (QED) is 0.608. The number of hydrogen-bond acceptors (Lipinski definition) is 1. The van der Waals surface area contributed by atoms with Crippen molar-refractivity contribution in [3.8, 4) is 0 Å². The molecule has 0 aliphatic rings. The molecule has 0 radical (unpaired) electrons. The van der Waals surface area contributed by atoms with E-state index in [-0.39, 0.29) is 11.0 Å². The number of halogens is 1. The van der Waals surface area contributed by atoms with E-state index in [4.69, 9.17) is 16.2 Å². The first-order chi connectivity index (χ1) is 4.27. The molecule has 2 heteroatoms. The summed E-state index contributed by atoms with van der Waals surface area (Å²) in [6, 6.07) is 0. The molecule has 0 N–H and O–H groups in total. The molecule has 0 aromatic carbocycles. The second kappa shape index (κ2) is 3.10. The van der Waals surface area contributed by atoms with Crippen molar-refractivity contribution in [3.63, 3.8) is 0 Å². The molecule has 0 fully saturated rings. The maximum Gasteiger partial charge on any atom is 0.0846 e. The van der Waals surface area contributed by atoms with E-state index in [1.807, 2.05) is 13.8 Å². The van der Waals surface area contributed by atoms with Gasteiger partial charge in [0.15, 0.2) is 0 Å². The summed E-state index contributed by atoms with van der Waals surface area (Å²) in [5, 5.41) is 0. The van der Waals surface area contributed by atoms with Gasteiger partial charge in [0, 0.05) is 0 Å². The summed E-state index contributed by atoms with van der Waals surface area (Å²) < 4.78 is 4.79. The Kier molecular flexibility index (Phi) is 3.18. The molecule has 0 unspecified atom stereocenters. The summed E-state index contributed by atoms with van der Waals surface area (Å²) in [6.45, 7) is 10.5. The Hall–Kier alpha value is 0.250. The molecular formula is C8H17ClO. The van der Waals surface area contributed by atoms with Crippen molar-refractivity contribution in [1.29, 1.82) is 0 Å². The predicted molar refractivity (Wildman–Crippen MR) is 45.1 cm³/mol. The molecule has 0 aromatic heterocycles. The van der Waals surface area contributed by atoms with E-state index in [2.05, 4.69) is 20.8 Å². The van der Waals surface area contributed by atoms with Crippen LogP contribution in [0.2, 0.25) is 0 Å². The maximum atomic E-state index is 5.30. The average molecular weight is 165 g/mol. The van der Waals surface area contributed by atoms with Crippen LogP contribution < -0.4 is 0 Å². The van der Waals surface area contributed by atoms with Gasteiger partial charge in [-0.15, -0.1) is 0 Å². The van der Waals surface area contributed by atoms with E-state index in [0.29, 0.717) is 0 Å². The highest BCUT2D eigenvalue weighted by Crippen LogP contribution is 2.29. The molecule has 0 saturated carbocycles. The number of rotatable bonds is 2. The number of hydrogen-bond donors (Lipinski definition) is 0. The highest BCUT2D eigenvalue weighted by molar-refractivity contribution is 6.07. The van der Waals surface area contributed by atoms with Gasteiger partial charge in [0.1, 0.15) is 0 Å². The van der Waals surface area contributed by atoms with E-state index in [0.717, 1.165) is 6.42 Å². The Balaban J connectivity index is 3.89. The van der Waals surface area contributed by atoms with Gasteiger partial charge in [-0.05, 0) is 25.7 Å². The Morgan fingerprint density at radius 2 is 1.50 bits per heavy atom. The maximum absolute atomic E-state index is 5.30. The minimum Gasteiger partial charge on any atom is -0.273 e. The first kappa shape index (κ1) is 10.2. The van der Waals surface area contributed by atoms with Gasteiger partial charge in [-0.25, -0.2) is 0 Å². The SMILES string of the molecule is CC(C)(C)CC(C)(C)OCl. The molecule has 62 valence electrons. The van der Waals surface area contributed by atoms with E-state index in [9.17, 15) is 0 Å². The summed E-state index contributed by atoms with van der Waals surface area (Å²) in [5.74, 6) is 0. The summed E-state index contributed by atoms with van der Waals surface area (Å²) in [6.07, 6.45) is 0.962. The second-order valence-electron chi connectivity index (χ2n) is 4.57. The fourth-order valence-corrected chi connectivity index (χ4v) is 1.36. The van der Waals surface area contributed by atoms with E-state index < -0.39 is 0 Å². The molecule has 0 rings (SSSR count). The van der Waals surface area contributed by atoms with Gasteiger partial charge < -0.3 is 0 Å². The van der Waals surface area contributed by atoms with Crippen molar-refractivity contribution in [2.24, 2.45) is 5.41 Å². The summed E-state index contributed by atoms with van der Waals surface area (Å²) >= 11 is 5.30. The van der Waals surface area contributed by atoms with Crippen LogP contribution in [0.3, 0.4) is 0 Å². The standard InChI is InChI=1S/C8H17ClO/c1-7(2,3)6-8(4,5)10-9/h6H2,1-5H3. The average Bonchev–Trinajstić information content (AvgIpc) is 1.60. The molecule has 0 aliphatic carbocycles. The minimum absolute atomic E-state index is 0.209. The van der Waals surface area contributed by atoms with E-state index in [1.165, 1.54) is 0 Å². The summed E-state index contributed by atoms with van der Waals surface area (Å²) in [7, 11) is 0. The fourth-order valence-electron chi connectivity index (χ4n) is 1.30. The summed E-state index contributed by atoms with van der Waals surface area (Å²) in [5.41, 5.74) is 0.0677. The van der Waals surface area contributed by atoms with Crippen LogP contribution in [0.25, 0.3) is 0 Å². The highest BCUT2D eigenvalue weighted by Gasteiger charge is 2.25. The molecular weight excluding hydrogens is 148 g/mol. The van der Waals surface area contributed by atoms with Crippen molar-refractivity contribution >= 4 is 11.9 Å². The third kappa shape index (κ3) is 5.07. The van der Waals surface area contributed by atoms with E-state index in [1.54, 1.807) is 0 Å². The lowest BCUT2D eigenvalue weighted by Crippen LogP contribution is -2.27. The molecule has 0 atom stereocenters. The zero-order chi connectivity index (χ0) is 8.41. The van der Waals surface area contributed by atoms with Gasteiger partial charge in [0.25, 0.3) is 0 Å². The van der Waals surface area contributed by atoms with Crippen LogP contribution in [0, 0.1) is 5.41 Å². The lowest BCUT2D eigenvalue weighted by Gasteiger charge is -2.29. The fraction of sp³-hybridized carbons (Fsp3) is 1.00. The summed E-state index contributed by atoms with van der Waals surface area (Å²) in [4.78, 5) is 0. The normalized spacial score (nSPS) is 13.8. The molecule has 10 heavy (non-hydrogen) atoms. The topological polar surface area (TPSA) is 9.23 Å². The van der Waals surface area contributed by atoms with Gasteiger partial charge in [-0.2, -0.15) is 0 Å². The Morgan fingerprint density at radius 1 is 1.10 bits per heavy atom. The van der Waals surface area contributed by atoms with Crippen molar-refractivity contribution in [2.75, 3.05) is 0 Å². The highest BCUT2D eigenvalue weighted by atomic mass is 35.5. The third-order valence-corrected chi connectivity index (χ3v) is 1.58. The van der Waals surface area contributed by atoms with Crippen LogP contribution in [0.4, 0.5) is 0 Å². The van der Waals surface area contributed by atoms with Gasteiger partial charge in [0.05, 0.1) is 17.5 Å². The third-order valence-electron chi connectivity index (χ3n) is 1.16. The zero-order valence-electron chi connectivity index (χ0n) is 7.49. The van der Waals surface area contributed by atoms with Crippen molar-refractivity contribution in [3.05, 3.63) is 0 Å². The molecule has 0 heterocycles. The van der Waals surface area contributed by atoms with Crippen LogP contribution in [0.15, 0.2) is 0 Å². The monoisotopic (exact) mass is 164 g/mol. The van der Waals surface area contributed by atoms with Gasteiger partial charge in [0.2, 0.25) is 0 Å². The second-order valence-corrected chi connectivity index (χ2v) is 4.73. The lowest BCUT2D eigenvalue weighted by atomic mass is 9.84. The van der Waals surface area contributed by atoms with Crippen LogP contribution in [0.5, 0.6) is 0 Å². The van der Waals surface area contributed by atoms with Crippen LogP contribution in [-0.4, -0.2) is 5.60 Å². The molecule has 0 bridgehead atoms. The van der Waals surface area contributed by atoms with Crippen LogP contribution in [0.1, 0.15) is 41.0 Å². The largest absolute Gasteiger partial charge is 0.273 e. The van der Waals surface area contributed by atoms with Gasteiger partial charge in [-0.1, -0.05) is 20.8 Å². The molecule has 0 spiro atoms. The smallest absolute Gasteiger partial charge is 0.0846 e. The molecule has 0 amide bonds. The minimum atomic E-state index is -0.209. The van der Waals surface area contributed by atoms with Crippen molar-refractivity contribution in [1.82, 2.24) is 0 Å². The Labute approximate surface area is 68.9 Å². The Bertz CT molecular complexity index is 102. The predicted octanol–water partition coefficient (Wildman–Crippen LogP) is 3.37. The zero-order valence-corrected chi connectivity index (χ0v) is 8.25.